The molecule has 27 heavy (non-hydrogen) atoms. The molecule has 0 spiro atoms. The summed E-state index contributed by atoms with van der Waals surface area (Å²) in [5.74, 6) is -0.860. The molecule has 0 aliphatic rings. The van der Waals surface area contributed by atoms with Gasteiger partial charge >= 0.3 is 0 Å². The lowest BCUT2D eigenvalue weighted by molar-refractivity contribution is 0.463. The zero-order valence-electron chi connectivity index (χ0n) is 13.9. The number of aromatic nitrogens is 1. The van der Waals surface area contributed by atoms with Crippen LogP contribution in [0.25, 0.3) is 0 Å². The van der Waals surface area contributed by atoms with Gasteiger partial charge in [0.15, 0.2) is 5.82 Å². The maximum Gasteiger partial charge on any atom is 0.266 e. The highest BCUT2D eigenvalue weighted by molar-refractivity contribution is 9.10. The van der Waals surface area contributed by atoms with Crippen molar-refractivity contribution < 1.29 is 21.9 Å². The van der Waals surface area contributed by atoms with Crippen molar-refractivity contribution in [1.29, 1.82) is 0 Å². The molecule has 10 heteroatoms. The highest BCUT2D eigenvalue weighted by Crippen LogP contribution is 2.35. The molecule has 0 fully saturated rings. The summed E-state index contributed by atoms with van der Waals surface area (Å²) in [4.78, 5) is 3.27. The van der Waals surface area contributed by atoms with Gasteiger partial charge in [-0.25, -0.2) is 22.2 Å². The fourth-order valence-corrected chi connectivity index (χ4v) is 4.51. The molecular weight excluding hydrogens is 462 g/mol. The van der Waals surface area contributed by atoms with Gasteiger partial charge in [0.1, 0.15) is 28.0 Å². The van der Waals surface area contributed by atoms with Crippen LogP contribution in [0.4, 0.5) is 14.6 Å². The van der Waals surface area contributed by atoms with Gasteiger partial charge in [-0.15, -0.1) is 11.3 Å². The van der Waals surface area contributed by atoms with Gasteiger partial charge in [0.2, 0.25) is 0 Å². The average Bonchev–Trinajstić information content (AvgIpc) is 3.11. The maximum absolute atomic E-state index is 14.5. The molecule has 0 aliphatic carbocycles. The molecule has 0 saturated heterocycles. The van der Waals surface area contributed by atoms with Gasteiger partial charge in [0, 0.05) is 11.4 Å². The third-order valence-corrected chi connectivity index (χ3v) is 6.15. The Morgan fingerprint density at radius 2 is 2.00 bits per heavy atom. The largest absolute Gasteiger partial charge is 0.456 e. The Morgan fingerprint density at radius 3 is 2.67 bits per heavy atom. The van der Waals surface area contributed by atoms with Gasteiger partial charge in [0.05, 0.1) is 9.98 Å². The molecule has 0 radical (unpaired) electrons. The van der Waals surface area contributed by atoms with Crippen molar-refractivity contribution in [2.45, 2.75) is 18.2 Å². The number of sulfonamides is 1. The molecule has 142 valence electrons. The zero-order valence-corrected chi connectivity index (χ0v) is 17.1. The molecule has 0 unspecified atom stereocenters. The first-order valence-corrected chi connectivity index (χ1v) is 10.9. The molecule has 3 rings (SSSR count). The minimum atomic E-state index is -4.16. The lowest BCUT2D eigenvalue weighted by Crippen LogP contribution is -2.15. The van der Waals surface area contributed by atoms with Crippen molar-refractivity contribution in [3.05, 3.63) is 62.9 Å². The van der Waals surface area contributed by atoms with E-state index in [1.807, 2.05) is 6.92 Å². The highest BCUT2D eigenvalue weighted by atomic mass is 79.9. The normalized spacial score (nSPS) is 11.4. The van der Waals surface area contributed by atoms with Crippen molar-refractivity contribution in [2.24, 2.45) is 0 Å². The Balaban J connectivity index is 1.94. The quantitative estimate of drug-likeness (QED) is 0.523. The topological polar surface area (TPSA) is 68.3 Å². The zero-order chi connectivity index (χ0) is 19.6. The number of nitrogens with zero attached hydrogens (tertiary/aromatic N) is 1. The van der Waals surface area contributed by atoms with Gasteiger partial charge in [-0.2, -0.15) is 0 Å². The standard InChI is InChI=1S/C17H13BrF2N2O3S2/c1-2-10-5-11(19)3-4-14(10)25-15-7-13(20)16(6-12(15)18)27(23,24)22-17-8-26-9-21-17/h3-9,22H,2H2,1H3. The van der Waals surface area contributed by atoms with E-state index in [-0.39, 0.29) is 16.0 Å². The molecule has 1 N–H and O–H groups in total. The Morgan fingerprint density at radius 1 is 1.22 bits per heavy atom. The number of hydrogen-bond donors (Lipinski definition) is 1. The van der Waals surface area contributed by atoms with Gasteiger partial charge in [-0.05, 0) is 52.2 Å². The van der Waals surface area contributed by atoms with Crippen molar-refractivity contribution in [3.8, 4) is 11.5 Å². The molecule has 1 aromatic heterocycles. The van der Waals surface area contributed by atoms with E-state index in [0.717, 1.165) is 12.1 Å². The lowest BCUT2D eigenvalue weighted by atomic mass is 10.1. The van der Waals surface area contributed by atoms with E-state index in [9.17, 15) is 17.2 Å². The van der Waals surface area contributed by atoms with Gasteiger partial charge in [-0.3, -0.25) is 4.72 Å². The first-order chi connectivity index (χ1) is 12.8. The molecular formula is C17H13BrF2N2O3S2. The Hall–Kier alpha value is -2.04. The van der Waals surface area contributed by atoms with Crippen LogP contribution in [0.2, 0.25) is 0 Å². The van der Waals surface area contributed by atoms with E-state index in [4.69, 9.17) is 4.74 Å². The number of nitrogens with one attached hydrogen (secondary N) is 1. The van der Waals surface area contributed by atoms with Gasteiger partial charge < -0.3 is 4.74 Å². The molecule has 3 aromatic rings. The third kappa shape index (κ3) is 4.45. The summed E-state index contributed by atoms with van der Waals surface area (Å²) < 4.78 is 60.7. The molecule has 5 nitrogen and oxygen atoms in total. The van der Waals surface area contributed by atoms with E-state index < -0.39 is 26.6 Å². The van der Waals surface area contributed by atoms with E-state index in [1.54, 1.807) is 0 Å². The van der Waals surface area contributed by atoms with E-state index in [2.05, 4.69) is 25.6 Å². The molecule has 2 aromatic carbocycles. The van der Waals surface area contributed by atoms with Crippen LogP contribution in [0.1, 0.15) is 12.5 Å². The summed E-state index contributed by atoms with van der Waals surface area (Å²) in [6, 6.07) is 6.06. The fraction of sp³-hybridized carbons (Fsp3) is 0.118. The second-order valence-corrected chi connectivity index (χ2v) is 8.62. The summed E-state index contributed by atoms with van der Waals surface area (Å²) in [7, 11) is -4.16. The van der Waals surface area contributed by atoms with Crippen LogP contribution in [-0.4, -0.2) is 13.4 Å². The predicted octanol–water partition coefficient (Wildman–Crippen LogP) is 5.34. The number of thiazole rings is 1. The Bertz CT molecular complexity index is 1070. The minimum Gasteiger partial charge on any atom is -0.456 e. The minimum absolute atomic E-state index is 0.0708. The number of ether oxygens (including phenoxy) is 1. The first-order valence-electron chi connectivity index (χ1n) is 7.66. The average molecular weight is 475 g/mol. The number of rotatable bonds is 6. The van der Waals surface area contributed by atoms with Crippen molar-refractivity contribution in [1.82, 2.24) is 4.98 Å². The van der Waals surface area contributed by atoms with Crippen molar-refractivity contribution in [2.75, 3.05) is 4.72 Å². The Labute approximate surface area is 167 Å². The SMILES string of the molecule is CCc1cc(F)ccc1Oc1cc(F)c(S(=O)(=O)Nc2cscn2)cc1Br. The number of benzene rings is 2. The van der Waals surface area contributed by atoms with Crippen LogP contribution in [-0.2, 0) is 16.4 Å². The molecule has 0 bridgehead atoms. The van der Waals surface area contributed by atoms with Crippen molar-refractivity contribution >= 4 is 43.1 Å². The summed E-state index contributed by atoms with van der Waals surface area (Å²) in [5, 5.41) is 1.49. The van der Waals surface area contributed by atoms with Crippen LogP contribution in [0.15, 0.2) is 50.6 Å². The molecule has 1 heterocycles. The molecule has 0 saturated carbocycles. The van der Waals surface area contributed by atoms with Crippen molar-refractivity contribution in [3.63, 3.8) is 0 Å². The molecule has 0 aliphatic heterocycles. The number of halogens is 3. The number of anilines is 1. The fourth-order valence-electron chi connectivity index (χ4n) is 2.29. The van der Waals surface area contributed by atoms with Crippen LogP contribution in [0.5, 0.6) is 11.5 Å². The lowest BCUT2D eigenvalue weighted by Gasteiger charge is -2.13. The maximum atomic E-state index is 14.5. The monoisotopic (exact) mass is 474 g/mol. The molecule has 0 amide bonds. The second-order valence-electron chi connectivity index (χ2n) is 5.40. The first kappa shape index (κ1) is 19.7. The number of hydrogen-bond acceptors (Lipinski definition) is 5. The number of aryl methyl sites for hydroxylation is 1. The van der Waals surface area contributed by atoms with Crippen LogP contribution in [0.3, 0.4) is 0 Å². The summed E-state index contributed by atoms with van der Waals surface area (Å²) in [5.41, 5.74) is 2.05. The van der Waals surface area contributed by atoms with Crippen LogP contribution in [0, 0.1) is 11.6 Å². The third-order valence-electron chi connectivity index (χ3n) is 3.57. The van der Waals surface area contributed by atoms with E-state index in [1.165, 1.54) is 40.4 Å². The predicted molar refractivity (Wildman–Crippen MR) is 103 cm³/mol. The Kier molecular flexibility index (Phi) is 5.78. The van der Waals surface area contributed by atoms with E-state index in [0.29, 0.717) is 17.7 Å². The second kappa shape index (κ2) is 7.91. The smallest absolute Gasteiger partial charge is 0.266 e. The van der Waals surface area contributed by atoms with Gasteiger partial charge in [-0.1, -0.05) is 6.92 Å². The van der Waals surface area contributed by atoms with Gasteiger partial charge in [0.25, 0.3) is 10.0 Å². The van der Waals surface area contributed by atoms with Crippen LogP contribution >= 0.6 is 27.3 Å². The molecule has 0 atom stereocenters. The summed E-state index contributed by atoms with van der Waals surface area (Å²) >= 11 is 4.40. The summed E-state index contributed by atoms with van der Waals surface area (Å²) in [6.07, 6.45) is 0.511. The highest BCUT2D eigenvalue weighted by Gasteiger charge is 2.23. The summed E-state index contributed by atoms with van der Waals surface area (Å²) in [6.45, 7) is 1.83. The van der Waals surface area contributed by atoms with Crippen LogP contribution < -0.4 is 9.46 Å². The van der Waals surface area contributed by atoms with E-state index >= 15 is 0 Å².